The molecule has 1 aliphatic rings. The number of esters is 1. The zero-order chi connectivity index (χ0) is 13.0. The molecule has 0 spiro atoms. The van der Waals surface area contributed by atoms with Gasteiger partial charge in [-0.3, -0.25) is 0 Å². The fraction of sp³-hybridized carbons (Fsp3) is 0.615. The van der Waals surface area contributed by atoms with Gasteiger partial charge in [-0.2, -0.15) is 0 Å². The molecule has 98 valence electrons. The molecule has 5 heteroatoms. The maximum absolute atomic E-state index is 11.9. The minimum Gasteiger partial charge on any atom is -0.462 e. The summed E-state index contributed by atoms with van der Waals surface area (Å²) in [6.45, 7) is 5.96. The van der Waals surface area contributed by atoms with E-state index in [0.29, 0.717) is 23.9 Å². The molecule has 1 aromatic rings. The average molecular weight is 249 g/mol. The first-order chi connectivity index (χ1) is 8.72. The van der Waals surface area contributed by atoms with E-state index < -0.39 is 0 Å². The maximum Gasteiger partial charge on any atom is 0.341 e. The van der Waals surface area contributed by atoms with Gasteiger partial charge >= 0.3 is 5.97 Å². The molecule has 0 aliphatic carbocycles. The van der Waals surface area contributed by atoms with Gasteiger partial charge in [0.2, 0.25) is 0 Å². The number of hydrogen-bond acceptors (Lipinski definition) is 5. The number of nitrogens with zero attached hydrogens (tertiary/aromatic N) is 2. The topological polar surface area (TPSA) is 64.1 Å². The fourth-order valence-corrected chi connectivity index (χ4v) is 2.26. The molecule has 1 aromatic heterocycles. The van der Waals surface area contributed by atoms with Crippen molar-refractivity contribution in [3.05, 3.63) is 23.3 Å². The third-order valence-corrected chi connectivity index (χ3v) is 3.16. The summed E-state index contributed by atoms with van der Waals surface area (Å²) in [6.07, 6.45) is 3.60. The molecule has 0 aromatic carbocycles. The van der Waals surface area contributed by atoms with Crippen molar-refractivity contribution in [2.24, 2.45) is 0 Å². The third kappa shape index (κ3) is 2.85. The Morgan fingerprint density at radius 2 is 2.22 bits per heavy atom. The van der Waals surface area contributed by atoms with Crippen molar-refractivity contribution in [2.75, 3.05) is 19.7 Å². The number of rotatable bonds is 3. The van der Waals surface area contributed by atoms with Gasteiger partial charge in [0.15, 0.2) is 0 Å². The van der Waals surface area contributed by atoms with Gasteiger partial charge in [0.05, 0.1) is 17.9 Å². The minimum absolute atomic E-state index is 0.314. The lowest BCUT2D eigenvalue weighted by Gasteiger charge is -2.23. The van der Waals surface area contributed by atoms with Crippen LogP contribution < -0.4 is 5.32 Å². The van der Waals surface area contributed by atoms with Crippen LogP contribution in [0, 0.1) is 6.92 Å². The molecule has 1 saturated heterocycles. The largest absolute Gasteiger partial charge is 0.462 e. The zero-order valence-electron chi connectivity index (χ0n) is 10.9. The SMILES string of the molecule is CCOC(=O)c1cnc(C)nc1C1CCNCC1. The van der Waals surface area contributed by atoms with Crippen molar-refractivity contribution in [1.29, 1.82) is 0 Å². The van der Waals surface area contributed by atoms with Crippen molar-refractivity contribution in [1.82, 2.24) is 15.3 Å². The van der Waals surface area contributed by atoms with Crippen LogP contribution in [0.4, 0.5) is 0 Å². The van der Waals surface area contributed by atoms with Crippen LogP contribution >= 0.6 is 0 Å². The Labute approximate surface area is 107 Å². The highest BCUT2D eigenvalue weighted by molar-refractivity contribution is 5.90. The highest BCUT2D eigenvalue weighted by Crippen LogP contribution is 2.26. The van der Waals surface area contributed by atoms with Crippen LogP contribution in [0.1, 0.15) is 47.6 Å². The summed E-state index contributed by atoms with van der Waals surface area (Å²) >= 11 is 0. The monoisotopic (exact) mass is 249 g/mol. The number of ether oxygens (including phenoxy) is 1. The molecule has 0 amide bonds. The second-order valence-electron chi connectivity index (χ2n) is 4.46. The van der Waals surface area contributed by atoms with Gasteiger partial charge in [0.25, 0.3) is 0 Å². The summed E-state index contributed by atoms with van der Waals surface area (Å²) in [6, 6.07) is 0. The van der Waals surface area contributed by atoms with Gasteiger partial charge < -0.3 is 10.1 Å². The van der Waals surface area contributed by atoms with E-state index in [0.717, 1.165) is 31.6 Å². The van der Waals surface area contributed by atoms with Crippen molar-refractivity contribution in [3.8, 4) is 0 Å². The quantitative estimate of drug-likeness (QED) is 0.821. The molecule has 1 fully saturated rings. The van der Waals surface area contributed by atoms with Crippen LogP contribution in [0.2, 0.25) is 0 Å². The summed E-state index contributed by atoms with van der Waals surface area (Å²) in [7, 11) is 0. The number of nitrogens with one attached hydrogen (secondary N) is 1. The number of carbonyl (C=O) groups excluding carboxylic acids is 1. The maximum atomic E-state index is 11.9. The molecule has 2 heterocycles. The first-order valence-corrected chi connectivity index (χ1v) is 6.43. The van der Waals surface area contributed by atoms with Crippen LogP contribution in [0.3, 0.4) is 0 Å². The highest BCUT2D eigenvalue weighted by Gasteiger charge is 2.24. The average Bonchev–Trinajstić information content (AvgIpc) is 2.40. The number of hydrogen-bond donors (Lipinski definition) is 1. The van der Waals surface area contributed by atoms with Gasteiger partial charge in [-0.1, -0.05) is 0 Å². The predicted molar refractivity (Wildman–Crippen MR) is 67.6 cm³/mol. The van der Waals surface area contributed by atoms with Crippen LogP contribution in [-0.4, -0.2) is 35.6 Å². The van der Waals surface area contributed by atoms with Crippen LogP contribution in [0.15, 0.2) is 6.20 Å². The van der Waals surface area contributed by atoms with Gasteiger partial charge in [-0.25, -0.2) is 14.8 Å². The molecule has 1 N–H and O–H groups in total. The summed E-state index contributed by atoms with van der Waals surface area (Å²) in [4.78, 5) is 20.5. The van der Waals surface area contributed by atoms with E-state index in [1.165, 1.54) is 0 Å². The van der Waals surface area contributed by atoms with E-state index in [-0.39, 0.29) is 5.97 Å². The standard InChI is InChI=1S/C13H19N3O2/c1-3-18-13(17)11-8-15-9(2)16-12(11)10-4-6-14-7-5-10/h8,10,14H,3-7H2,1-2H3. The lowest BCUT2D eigenvalue weighted by atomic mass is 9.91. The van der Waals surface area contributed by atoms with Crippen LogP contribution in [0.5, 0.6) is 0 Å². The molecule has 2 rings (SSSR count). The number of piperidine rings is 1. The summed E-state index contributed by atoms with van der Waals surface area (Å²) in [5.41, 5.74) is 1.37. The summed E-state index contributed by atoms with van der Waals surface area (Å²) < 4.78 is 5.06. The molecular weight excluding hydrogens is 230 g/mol. The van der Waals surface area contributed by atoms with E-state index in [4.69, 9.17) is 4.74 Å². The van der Waals surface area contributed by atoms with Crippen molar-refractivity contribution in [3.63, 3.8) is 0 Å². The molecule has 18 heavy (non-hydrogen) atoms. The Balaban J connectivity index is 2.30. The number of carbonyl (C=O) groups is 1. The molecule has 1 aliphatic heterocycles. The minimum atomic E-state index is -0.314. The molecule has 5 nitrogen and oxygen atoms in total. The molecule has 0 saturated carbocycles. The third-order valence-electron chi connectivity index (χ3n) is 3.16. The van der Waals surface area contributed by atoms with Gasteiger partial charge in [0.1, 0.15) is 5.82 Å². The van der Waals surface area contributed by atoms with E-state index in [1.807, 2.05) is 6.92 Å². The lowest BCUT2D eigenvalue weighted by Crippen LogP contribution is -2.28. The van der Waals surface area contributed by atoms with E-state index in [9.17, 15) is 4.79 Å². The van der Waals surface area contributed by atoms with E-state index >= 15 is 0 Å². The smallest absolute Gasteiger partial charge is 0.341 e. The first kappa shape index (κ1) is 13.0. The van der Waals surface area contributed by atoms with Gasteiger partial charge in [-0.05, 0) is 39.8 Å². The predicted octanol–water partition coefficient (Wildman–Crippen LogP) is 1.43. The lowest BCUT2D eigenvalue weighted by molar-refractivity contribution is 0.0523. The Bertz CT molecular complexity index is 428. The second kappa shape index (κ2) is 5.91. The number of aromatic nitrogens is 2. The highest BCUT2D eigenvalue weighted by atomic mass is 16.5. The Morgan fingerprint density at radius 1 is 1.50 bits per heavy atom. The Kier molecular flexibility index (Phi) is 4.25. The van der Waals surface area contributed by atoms with Crippen molar-refractivity contribution < 1.29 is 9.53 Å². The van der Waals surface area contributed by atoms with E-state index in [1.54, 1.807) is 13.1 Å². The zero-order valence-corrected chi connectivity index (χ0v) is 10.9. The number of aryl methyl sites for hydroxylation is 1. The fourth-order valence-electron chi connectivity index (χ4n) is 2.26. The summed E-state index contributed by atoms with van der Waals surface area (Å²) in [5, 5.41) is 3.31. The van der Waals surface area contributed by atoms with Crippen molar-refractivity contribution >= 4 is 5.97 Å². The van der Waals surface area contributed by atoms with Crippen LogP contribution in [-0.2, 0) is 4.74 Å². The van der Waals surface area contributed by atoms with Crippen molar-refractivity contribution in [2.45, 2.75) is 32.6 Å². The first-order valence-electron chi connectivity index (χ1n) is 6.43. The van der Waals surface area contributed by atoms with Gasteiger partial charge in [0, 0.05) is 12.1 Å². The van der Waals surface area contributed by atoms with Crippen LogP contribution in [0.25, 0.3) is 0 Å². The molecule has 0 radical (unpaired) electrons. The molecule has 0 bridgehead atoms. The van der Waals surface area contributed by atoms with E-state index in [2.05, 4.69) is 15.3 Å². The summed E-state index contributed by atoms with van der Waals surface area (Å²) in [5.74, 6) is 0.718. The normalized spacial score (nSPS) is 16.6. The Morgan fingerprint density at radius 3 is 2.89 bits per heavy atom. The second-order valence-corrected chi connectivity index (χ2v) is 4.46. The molecule has 0 unspecified atom stereocenters. The van der Waals surface area contributed by atoms with Gasteiger partial charge in [-0.15, -0.1) is 0 Å². The molecule has 0 atom stereocenters. The Hall–Kier alpha value is -1.49. The molecular formula is C13H19N3O2.